The highest BCUT2D eigenvalue weighted by molar-refractivity contribution is 5.88. The van der Waals surface area contributed by atoms with E-state index >= 15 is 0 Å². The summed E-state index contributed by atoms with van der Waals surface area (Å²) in [4.78, 5) is 22.2. The molecule has 10 nitrogen and oxygen atoms in total. The predicted molar refractivity (Wildman–Crippen MR) is 82.2 cm³/mol. The topological polar surface area (TPSA) is 121 Å². The summed E-state index contributed by atoms with van der Waals surface area (Å²) >= 11 is 0. The lowest BCUT2D eigenvalue weighted by Gasteiger charge is -2.03. The lowest BCUT2D eigenvalue weighted by Crippen LogP contribution is -2.23. The van der Waals surface area contributed by atoms with Gasteiger partial charge in [-0.3, -0.25) is 19.6 Å². The number of nitro benzene ring substituents is 1. The average molecular weight is 385 g/mol. The Morgan fingerprint density at radius 2 is 2.11 bits per heavy atom. The average Bonchev–Trinajstić information content (AvgIpc) is 3.22. The molecular formula is C14H10F3N5O5. The summed E-state index contributed by atoms with van der Waals surface area (Å²) in [5.74, 6) is -0.280. The van der Waals surface area contributed by atoms with Crippen LogP contribution in [0, 0.1) is 10.1 Å². The Morgan fingerprint density at radius 1 is 1.41 bits per heavy atom. The quantitative estimate of drug-likeness (QED) is 0.475. The number of carbonyl (C=O) groups is 1. The number of alkyl halides is 3. The summed E-state index contributed by atoms with van der Waals surface area (Å²) in [7, 11) is 0. The number of aromatic nitrogens is 2. The number of fused-ring (bicyclic) bond motifs is 1. The maximum Gasteiger partial charge on any atom is 0.435 e. The minimum atomic E-state index is -4.61. The standard InChI is InChI=1S/C14H10F3N5O5/c15-14(16,17)12-1-2-21(20-12)6-13(23)19-18-5-8-3-10-11(27-7-26-10)4-9(8)22(24)25/h1-5H,6-7H2,(H,19,23)/b18-5+. The molecule has 142 valence electrons. The fourth-order valence-electron chi connectivity index (χ4n) is 2.17. The molecule has 0 unspecified atom stereocenters. The molecule has 0 spiro atoms. The molecule has 2 aromatic rings. The fourth-order valence-corrected chi connectivity index (χ4v) is 2.17. The van der Waals surface area contributed by atoms with Crippen LogP contribution in [0.4, 0.5) is 18.9 Å². The molecule has 1 amide bonds. The third-order valence-corrected chi connectivity index (χ3v) is 3.35. The number of hydrogen-bond donors (Lipinski definition) is 1. The van der Waals surface area contributed by atoms with Gasteiger partial charge in [0, 0.05) is 6.20 Å². The molecule has 0 saturated carbocycles. The highest BCUT2D eigenvalue weighted by atomic mass is 19.4. The monoisotopic (exact) mass is 385 g/mol. The number of nitrogens with zero attached hydrogens (tertiary/aromatic N) is 4. The minimum Gasteiger partial charge on any atom is -0.454 e. The number of hydrogen-bond acceptors (Lipinski definition) is 7. The van der Waals surface area contributed by atoms with Gasteiger partial charge in [-0.15, -0.1) is 0 Å². The van der Waals surface area contributed by atoms with Gasteiger partial charge in [-0.05, 0) is 12.1 Å². The van der Waals surface area contributed by atoms with Gasteiger partial charge in [-0.1, -0.05) is 0 Å². The highest BCUT2D eigenvalue weighted by Gasteiger charge is 2.33. The lowest BCUT2D eigenvalue weighted by atomic mass is 10.1. The largest absolute Gasteiger partial charge is 0.454 e. The molecule has 13 heteroatoms. The van der Waals surface area contributed by atoms with Gasteiger partial charge in [0.25, 0.3) is 11.6 Å². The second-order valence-corrected chi connectivity index (χ2v) is 5.21. The molecular weight excluding hydrogens is 375 g/mol. The van der Waals surface area contributed by atoms with Crippen molar-refractivity contribution in [1.82, 2.24) is 15.2 Å². The Kier molecular flexibility index (Phi) is 4.66. The first kappa shape index (κ1) is 18.2. The van der Waals surface area contributed by atoms with Gasteiger partial charge in [-0.2, -0.15) is 23.4 Å². The second kappa shape index (κ2) is 6.93. The van der Waals surface area contributed by atoms with Gasteiger partial charge >= 0.3 is 6.18 Å². The lowest BCUT2D eigenvalue weighted by molar-refractivity contribution is -0.385. The van der Waals surface area contributed by atoms with Crippen LogP contribution in [-0.2, 0) is 17.5 Å². The SMILES string of the molecule is O=C(Cn1ccc(C(F)(F)F)n1)N/N=C/c1cc2c(cc1[N+](=O)[O-])OCO2. The van der Waals surface area contributed by atoms with Crippen LogP contribution in [0.15, 0.2) is 29.5 Å². The number of amides is 1. The summed E-state index contributed by atoms with van der Waals surface area (Å²) in [5, 5.41) is 17.9. The van der Waals surface area contributed by atoms with E-state index in [0.29, 0.717) is 0 Å². The first-order chi connectivity index (χ1) is 12.7. The normalized spacial score (nSPS) is 13.1. The van der Waals surface area contributed by atoms with Crippen molar-refractivity contribution in [3.8, 4) is 11.5 Å². The van der Waals surface area contributed by atoms with Crippen molar-refractivity contribution >= 4 is 17.8 Å². The molecule has 1 aromatic carbocycles. The van der Waals surface area contributed by atoms with E-state index in [1.807, 2.05) is 0 Å². The Bertz CT molecular complexity index is 924. The van der Waals surface area contributed by atoms with Crippen molar-refractivity contribution < 1.29 is 32.4 Å². The molecule has 0 atom stereocenters. The summed E-state index contributed by atoms with van der Waals surface area (Å²) in [5.41, 5.74) is 0.650. The maximum absolute atomic E-state index is 12.5. The number of nitrogens with one attached hydrogen (secondary N) is 1. The molecule has 1 aliphatic rings. The summed E-state index contributed by atoms with van der Waals surface area (Å²) < 4.78 is 48.3. The van der Waals surface area contributed by atoms with Crippen molar-refractivity contribution in [1.29, 1.82) is 0 Å². The van der Waals surface area contributed by atoms with Crippen molar-refractivity contribution in [3.05, 3.63) is 45.8 Å². The van der Waals surface area contributed by atoms with Crippen LogP contribution in [0.2, 0.25) is 0 Å². The molecule has 1 aromatic heterocycles. The smallest absolute Gasteiger partial charge is 0.435 e. The molecule has 1 N–H and O–H groups in total. The van der Waals surface area contributed by atoms with E-state index in [2.05, 4.69) is 15.6 Å². The first-order valence-electron chi connectivity index (χ1n) is 7.24. The zero-order chi connectivity index (χ0) is 19.6. The predicted octanol–water partition coefficient (Wildman–Crippen LogP) is 1.69. The van der Waals surface area contributed by atoms with Crippen LogP contribution in [-0.4, -0.2) is 33.6 Å². The van der Waals surface area contributed by atoms with E-state index in [1.165, 1.54) is 6.07 Å². The molecule has 0 aliphatic carbocycles. The van der Waals surface area contributed by atoms with Gasteiger partial charge in [0.2, 0.25) is 6.79 Å². The van der Waals surface area contributed by atoms with E-state index in [-0.39, 0.29) is 29.5 Å². The van der Waals surface area contributed by atoms with Crippen LogP contribution in [0.1, 0.15) is 11.3 Å². The van der Waals surface area contributed by atoms with Gasteiger partial charge in [0.1, 0.15) is 6.54 Å². The Morgan fingerprint density at radius 3 is 2.74 bits per heavy atom. The number of ether oxygens (including phenoxy) is 2. The molecule has 27 heavy (non-hydrogen) atoms. The first-order valence-corrected chi connectivity index (χ1v) is 7.24. The molecule has 0 bridgehead atoms. The van der Waals surface area contributed by atoms with Crippen LogP contribution >= 0.6 is 0 Å². The Balaban J connectivity index is 1.66. The third kappa shape index (κ3) is 4.13. The molecule has 0 fully saturated rings. The van der Waals surface area contributed by atoms with Crippen molar-refractivity contribution in [2.75, 3.05) is 6.79 Å². The molecule has 2 heterocycles. The fraction of sp³-hybridized carbons (Fsp3) is 0.214. The molecule has 3 rings (SSSR count). The van der Waals surface area contributed by atoms with Gasteiger partial charge in [0.15, 0.2) is 17.2 Å². The number of nitro groups is 1. The van der Waals surface area contributed by atoms with Gasteiger partial charge in [-0.25, -0.2) is 5.43 Å². The van der Waals surface area contributed by atoms with E-state index in [0.717, 1.165) is 29.2 Å². The van der Waals surface area contributed by atoms with E-state index in [4.69, 9.17) is 9.47 Å². The number of benzene rings is 1. The van der Waals surface area contributed by atoms with Crippen molar-refractivity contribution in [2.45, 2.75) is 12.7 Å². The summed E-state index contributed by atoms with van der Waals surface area (Å²) in [6.45, 7) is -0.593. The number of carbonyl (C=O) groups excluding carboxylic acids is 1. The Hall–Kier alpha value is -3.64. The van der Waals surface area contributed by atoms with Crippen LogP contribution in [0.3, 0.4) is 0 Å². The second-order valence-electron chi connectivity index (χ2n) is 5.21. The van der Waals surface area contributed by atoms with Crippen LogP contribution in [0.25, 0.3) is 0 Å². The number of rotatable bonds is 5. The third-order valence-electron chi connectivity index (χ3n) is 3.35. The van der Waals surface area contributed by atoms with E-state index in [1.54, 1.807) is 0 Å². The highest BCUT2D eigenvalue weighted by Crippen LogP contribution is 2.37. The van der Waals surface area contributed by atoms with Crippen LogP contribution < -0.4 is 14.9 Å². The Labute approximate surface area is 148 Å². The van der Waals surface area contributed by atoms with Gasteiger partial charge in [0.05, 0.1) is 22.8 Å². The van der Waals surface area contributed by atoms with Crippen molar-refractivity contribution in [3.63, 3.8) is 0 Å². The number of halogens is 3. The maximum atomic E-state index is 12.5. The number of hydrazone groups is 1. The molecule has 0 radical (unpaired) electrons. The zero-order valence-electron chi connectivity index (χ0n) is 13.3. The zero-order valence-corrected chi connectivity index (χ0v) is 13.3. The summed E-state index contributed by atoms with van der Waals surface area (Å²) in [6.07, 6.45) is -2.60. The minimum absolute atomic E-state index is 0.0444. The molecule has 0 saturated heterocycles. The van der Waals surface area contributed by atoms with Crippen LogP contribution in [0.5, 0.6) is 11.5 Å². The molecule has 1 aliphatic heterocycles. The van der Waals surface area contributed by atoms with E-state index in [9.17, 15) is 28.1 Å². The van der Waals surface area contributed by atoms with Gasteiger partial charge < -0.3 is 9.47 Å². The van der Waals surface area contributed by atoms with E-state index < -0.39 is 29.2 Å². The summed E-state index contributed by atoms with van der Waals surface area (Å²) in [6, 6.07) is 3.21. The van der Waals surface area contributed by atoms with Crippen molar-refractivity contribution in [2.24, 2.45) is 5.10 Å².